The molecule has 112 valence electrons. The third-order valence-corrected chi connectivity index (χ3v) is 4.08. The van der Waals surface area contributed by atoms with Crippen molar-refractivity contribution in [1.82, 2.24) is 10.3 Å². The fourth-order valence-corrected chi connectivity index (χ4v) is 3.03. The van der Waals surface area contributed by atoms with E-state index in [2.05, 4.69) is 10.3 Å². The van der Waals surface area contributed by atoms with Crippen LogP contribution in [0.25, 0.3) is 10.2 Å². The second kappa shape index (κ2) is 6.04. The largest absolute Gasteiger partial charge is 0.481 e. The predicted octanol–water partition coefficient (Wildman–Crippen LogP) is 1.46. The van der Waals surface area contributed by atoms with Crippen LogP contribution in [0.2, 0.25) is 0 Å². The first-order chi connectivity index (χ1) is 9.90. The topological polar surface area (TPSA) is 110 Å². The molecule has 0 spiro atoms. The van der Waals surface area contributed by atoms with Crippen LogP contribution < -0.4 is 10.9 Å². The molecule has 2 heterocycles. The van der Waals surface area contributed by atoms with E-state index in [1.807, 2.05) is 0 Å². The molecule has 21 heavy (non-hydrogen) atoms. The molecule has 2 aromatic rings. The summed E-state index contributed by atoms with van der Waals surface area (Å²) in [6.07, 6.45) is 0.348. The van der Waals surface area contributed by atoms with Crippen molar-refractivity contribution in [2.45, 2.75) is 26.7 Å². The third-order valence-electron chi connectivity index (χ3n) is 2.89. The molecule has 0 unspecified atom stereocenters. The van der Waals surface area contributed by atoms with Crippen LogP contribution in [0.4, 0.5) is 0 Å². The molecule has 2 N–H and O–H groups in total. The summed E-state index contributed by atoms with van der Waals surface area (Å²) < 4.78 is 4.93. The molecule has 0 atom stereocenters. The van der Waals surface area contributed by atoms with E-state index in [1.165, 1.54) is 0 Å². The molecule has 0 aliphatic heterocycles. The standard InChI is InChI=1S/C13H14N2O5S/c1-6-9-12(15-7(2)20-13(9)19)21-10(6)11(18)14-5-3-4-8(16)17/h3-5H2,1-2H3,(H,14,18)(H,16,17). The lowest BCUT2D eigenvalue weighted by Gasteiger charge is -2.02. The number of rotatable bonds is 5. The molecule has 1 amide bonds. The van der Waals surface area contributed by atoms with Gasteiger partial charge < -0.3 is 14.8 Å². The Morgan fingerprint density at radius 1 is 1.38 bits per heavy atom. The van der Waals surface area contributed by atoms with Gasteiger partial charge in [-0.2, -0.15) is 0 Å². The van der Waals surface area contributed by atoms with Gasteiger partial charge in [-0.05, 0) is 18.9 Å². The van der Waals surface area contributed by atoms with Crippen molar-refractivity contribution in [2.75, 3.05) is 6.54 Å². The zero-order chi connectivity index (χ0) is 15.6. The molecule has 8 heteroatoms. The van der Waals surface area contributed by atoms with Gasteiger partial charge in [-0.25, -0.2) is 9.78 Å². The second-order valence-electron chi connectivity index (χ2n) is 4.51. The number of hydrogen-bond acceptors (Lipinski definition) is 6. The van der Waals surface area contributed by atoms with Gasteiger partial charge in [0.15, 0.2) is 5.89 Å². The van der Waals surface area contributed by atoms with Gasteiger partial charge >= 0.3 is 11.6 Å². The monoisotopic (exact) mass is 310 g/mol. The summed E-state index contributed by atoms with van der Waals surface area (Å²) in [6.45, 7) is 3.50. The Bertz CT molecular complexity index is 762. The molecule has 0 saturated carbocycles. The van der Waals surface area contributed by atoms with Crippen LogP contribution in [0.15, 0.2) is 9.21 Å². The zero-order valence-corrected chi connectivity index (χ0v) is 12.4. The quantitative estimate of drug-likeness (QED) is 0.809. The van der Waals surface area contributed by atoms with Gasteiger partial charge in [0.05, 0.1) is 4.88 Å². The van der Waals surface area contributed by atoms with E-state index in [4.69, 9.17) is 9.52 Å². The summed E-state index contributed by atoms with van der Waals surface area (Å²) in [5.41, 5.74) is 0.0307. The number of carbonyl (C=O) groups excluding carboxylic acids is 1. The van der Waals surface area contributed by atoms with E-state index in [9.17, 15) is 14.4 Å². The molecule has 0 aliphatic rings. The van der Waals surface area contributed by atoms with Crippen LogP contribution in [0.3, 0.4) is 0 Å². The Balaban J connectivity index is 2.20. The molecule has 7 nitrogen and oxygen atoms in total. The average Bonchev–Trinajstić information content (AvgIpc) is 2.71. The Morgan fingerprint density at radius 2 is 2.10 bits per heavy atom. The molecule has 0 saturated heterocycles. The number of nitrogens with one attached hydrogen (secondary N) is 1. The van der Waals surface area contributed by atoms with Gasteiger partial charge in [-0.1, -0.05) is 0 Å². The highest BCUT2D eigenvalue weighted by Crippen LogP contribution is 2.27. The predicted molar refractivity (Wildman–Crippen MR) is 76.8 cm³/mol. The molecular weight excluding hydrogens is 296 g/mol. The minimum Gasteiger partial charge on any atom is -0.481 e. The van der Waals surface area contributed by atoms with E-state index >= 15 is 0 Å². The summed E-state index contributed by atoms with van der Waals surface area (Å²) >= 11 is 1.13. The van der Waals surface area contributed by atoms with E-state index in [1.54, 1.807) is 13.8 Å². The van der Waals surface area contributed by atoms with Crippen LogP contribution in [0.5, 0.6) is 0 Å². The van der Waals surface area contributed by atoms with Crippen molar-refractivity contribution in [2.24, 2.45) is 0 Å². The average molecular weight is 310 g/mol. The minimum atomic E-state index is -0.903. The van der Waals surface area contributed by atoms with E-state index in [-0.39, 0.29) is 24.8 Å². The van der Waals surface area contributed by atoms with Crippen LogP contribution in [0.1, 0.15) is 34.0 Å². The van der Waals surface area contributed by atoms with Gasteiger partial charge in [0.1, 0.15) is 10.2 Å². The Morgan fingerprint density at radius 3 is 2.76 bits per heavy atom. The maximum absolute atomic E-state index is 12.1. The van der Waals surface area contributed by atoms with Crippen LogP contribution in [-0.2, 0) is 4.79 Å². The third kappa shape index (κ3) is 3.27. The highest BCUT2D eigenvalue weighted by Gasteiger charge is 2.19. The van der Waals surface area contributed by atoms with Crippen LogP contribution in [-0.4, -0.2) is 28.5 Å². The van der Waals surface area contributed by atoms with Crippen molar-refractivity contribution < 1.29 is 19.1 Å². The van der Waals surface area contributed by atoms with Crippen molar-refractivity contribution in [3.05, 3.63) is 26.8 Å². The molecular formula is C13H14N2O5S. The second-order valence-corrected chi connectivity index (χ2v) is 5.51. The highest BCUT2D eigenvalue weighted by molar-refractivity contribution is 7.20. The number of carboxylic acids is 1. The SMILES string of the molecule is Cc1nc2sc(C(=O)NCCCC(=O)O)c(C)c2c(=O)o1. The minimum absolute atomic E-state index is 0.00395. The smallest absolute Gasteiger partial charge is 0.348 e. The van der Waals surface area contributed by atoms with Gasteiger partial charge in [0.25, 0.3) is 5.91 Å². The Kier molecular flexibility index (Phi) is 4.37. The number of hydrogen-bond donors (Lipinski definition) is 2. The number of fused-ring (bicyclic) bond motifs is 1. The summed E-state index contributed by atoms with van der Waals surface area (Å²) in [7, 11) is 0. The van der Waals surface area contributed by atoms with E-state index in [0.29, 0.717) is 27.1 Å². The summed E-state index contributed by atoms with van der Waals surface area (Å²) in [5, 5.41) is 11.5. The molecule has 2 rings (SSSR count). The summed E-state index contributed by atoms with van der Waals surface area (Å²) in [4.78, 5) is 39.2. The van der Waals surface area contributed by atoms with Gasteiger partial charge in [0.2, 0.25) is 0 Å². The fourth-order valence-electron chi connectivity index (χ4n) is 1.91. The molecule has 2 aromatic heterocycles. The van der Waals surface area contributed by atoms with Crippen molar-refractivity contribution >= 4 is 33.4 Å². The van der Waals surface area contributed by atoms with Crippen molar-refractivity contribution in [1.29, 1.82) is 0 Å². The zero-order valence-electron chi connectivity index (χ0n) is 11.6. The normalized spacial score (nSPS) is 10.8. The Hall–Kier alpha value is -2.22. The maximum Gasteiger partial charge on any atom is 0.348 e. The number of nitrogens with zero attached hydrogens (tertiary/aromatic N) is 1. The van der Waals surface area contributed by atoms with Crippen LogP contribution in [0, 0.1) is 13.8 Å². The lowest BCUT2D eigenvalue weighted by molar-refractivity contribution is -0.137. The lowest BCUT2D eigenvalue weighted by atomic mass is 10.2. The number of aromatic nitrogens is 1. The van der Waals surface area contributed by atoms with Gasteiger partial charge in [0, 0.05) is 19.9 Å². The number of amides is 1. The lowest BCUT2D eigenvalue weighted by Crippen LogP contribution is -2.24. The maximum atomic E-state index is 12.1. The van der Waals surface area contributed by atoms with Gasteiger partial charge in [-0.3, -0.25) is 9.59 Å². The van der Waals surface area contributed by atoms with E-state index in [0.717, 1.165) is 11.3 Å². The Labute approximate surface area is 123 Å². The number of thiophene rings is 1. The molecule has 0 fully saturated rings. The summed E-state index contributed by atoms with van der Waals surface area (Å²) in [5.74, 6) is -0.986. The van der Waals surface area contributed by atoms with E-state index < -0.39 is 11.6 Å². The van der Waals surface area contributed by atoms with Gasteiger partial charge in [-0.15, -0.1) is 11.3 Å². The molecule has 0 aromatic carbocycles. The highest BCUT2D eigenvalue weighted by atomic mass is 32.1. The first-order valence-electron chi connectivity index (χ1n) is 6.31. The van der Waals surface area contributed by atoms with Crippen LogP contribution >= 0.6 is 11.3 Å². The molecule has 0 bridgehead atoms. The fraction of sp³-hybridized carbons (Fsp3) is 0.385. The number of aryl methyl sites for hydroxylation is 2. The number of carboxylic acid groups (broad SMARTS) is 1. The first-order valence-corrected chi connectivity index (χ1v) is 7.12. The first kappa shape index (κ1) is 15.2. The molecule has 0 radical (unpaired) electrons. The van der Waals surface area contributed by atoms with Crippen molar-refractivity contribution in [3.8, 4) is 0 Å². The molecule has 0 aliphatic carbocycles. The number of aliphatic carboxylic acids is 1. The summed E-state index contributed by atoms with van der Waals surface area (Å²) in [6, 6.07) is 0. The van der Waals surface area contributed by atoms with Crippen molar-refractivity contribution in [3.63, 3.8) is 0 Å². The number of carbonyl (C=O) groups is 2.